The summed E-state index contributed by atoms with van der Waals surface area (Å²) < 4.78 is 3.93. The molecule has 0 aliphatic heterocycles. The Morgan fingerprint density at radius 3 is 2.83 bits per heavy atom. The lowest BCUT2D eigenvalue weighted by Gasteiger charge is -2.05. The molecule has 0 N–H and O–H groups in total. The number of aromatic nitrogens is 4. The van der Waals surface area contributed by atoms with Gasteiger partial charge in [-0.3, -0.25) is 9.36 Å². The van der Waals surface area contributed by atoms with Crippen LogP contribution in [0.3, 0.4) is 0 Å². The molecule has 0 spiro atoms. The quantitative estimate of drug-likeness (QED) is 0.780. The summed E-state index contributed by atoms with van der Waals surface area (Å²) in [4.78, 5) is 0. The van der Waals surface area contributed by atoms with Gasteiger partial charge in [-0.1, -0.05) is 6.92 Å². The van der Waals surface area contributed by atoms with E-state index in [2.05, 4.69) is 30.1 Å². The molecule has 0 radical (unpaired) electrons. The van der Waals surface area contributed by atoms with Crippen molar-refractivity contribution in [2.45, 2.75) is 45.7 Å². The van der Waals surface area contributed by atoms with Crippen molar-refractivity contribution < 1.29 is 0 Å². The van der Waals surface area contributed by atoms with Crippen LogP contribution in [0.25, 0.3) is 0 Å². The molecule has 0 saturated carbocycles. The highest BCUT2D eigenvalue weighted by Gasteiger charge is 2.10. The molecule has 1 atom stereocenters. The Labute approximate surface area is 113 Å². The molecule has 2 heterocycles. The van der Waals surface area contributed by atoms with Crippen LogP contribution in [-0.2, 0) is 13.1 Å². The van der Waals surface area contributed by atoms with Gasteiger partial charge >= 0.3 is 0 Å². The van der Waals surface area contributed by atoms with Crippen LogP contribution >= 0.6 is 11.6 Å². The van der Waals surface area contributed by atoms with Gasteiger partial charge in [0.05, 0.1) is 29.5 Å². The maximum Gasteiger partial charge on any atom is 0.0828 e. The summed E-state index contributed by atoms with van der Waals surface area (Å²) in [6.45, 7) is 7.79. The molecule has 0 aliphatic carbocycles. The fourth-order valence-electron chi connectivity index (χ4n) is 2.03. The third kappa shape index (κ3) is 2.75. The van der Waals surface area contributed by atoms with Crippen LogP contribution < -0.4 is 0 Å². The van der Waals surface area contributed by atoms with Gasteiger partial charge in [0.15, 0.2) is 0 Å². The maximum atomic E-state index is 6.20. The molecule has 18 heavy (non-hydrogen) atoms. The highest BCUT2D eigenvalue weighted by molar-refractivity contribution is 6.20. The van der Waals surface area contributed by atoms with E-state index in [-0.39, 0.29) is 5.38 Å². The number of alkyl halides is 1. The molecule has 2 aromatic rings. The van der Waals surface area contributed by atoms with E-state index < -0.39 is 0 Å². The van der Waals surface area contributed by atoms with Gasteiger partial charge in [-0.2, -0.15) is 10.2 Å². The van der Waals surface area contributed by atoms with Gasteiger partial charge in [-0.25, -0.2) is 0 Å². The van der Waals surface area contributed by atoms with Crippen molar-refractivity contribution >= 4 is 11.6 Å². The summed E-state index contributed by atoms with van der Waals surface area (Å²) in [6.07, 6.45) is 4.78. The molecule has 2 aromatic heterocycles. The van der Waals surface area contributed by atoms with Crippen LogP contribution in [0.5, 0.6) is 0 Å². The van der Waals surface area contributed by atoms with Crippen LogP contribution in [0.2, 0.25) is 0 Å². The zero-order chi connectivity index (χ0) is 13.1. The zero-order valence-electron chi connectivity index (χ0n) is 11.1. The number of hydrogen-bond acceptors (Lipinski definition) is 2. The predicted molar refractivity (Wildman–Crippen MR) is 72.9 cm³/mol. The molecule has 4 nitrogen and oxygen atoms in total. The smallest absolute Gasteiger partial charge is 0.0828 e. The lowest BCUT2D eigenvalue weighted by Crippen LogP contribution is -2.08. The highest BCUT2D eigenvalue weighted by atomic mass is 35.5. The average Bonchev–Trinajstić information content (AvgIpc) is 2.95. The van der Waals surface area contributed by atoms with E-state index in [1.165, 1.54) is 5.69 Å². The topological polar surface area (TPSA) is 35.6 Å². The molecule has 0 saturated heterocycles. The van der Waals surface area contributed by atoms with Crippen LogP contribution in [0, 0.1) is 6.92 Å². The molecular formula is C13H19ClN4. The van der Waals surface area contributed by atoms with Gasteiger partial charge < -0.3 is 0 Å². The Balaban J connectivity index is 2.15. The van der Waals surface area contributed by atoms with Gasteiger partial charge in [-0.05, 0) is 26.3 Å². The summed E-state index contributed by atoms with van der Waals surface area (Å²) in [5.74, 6) is 0. The summed E-state index contributed by atoms with van der Waals surface area (Å²) in [5.41, 5.74) is 3.30. The fraction of sp³-hybridized carbons (Fsp3) is 0.538. The van der Waals surface area contributed by atoms with E-state index in [4.69, 9.17) is 11.6 Å². The van der Waals surface area contributed by atoms with E-state index in [0.717, 1.165) is 30.8 Å². The molecule has 98 valence electrons. The van der Waals surface area contributed by atoms with Crippen LogP contribution in [0.1, 0.15) is 42.6 Å². The van der Waals surface area contributed by atoms with E-state index in [1.807, 2.05) is 28.7 Å². The Bertz CT molecular complexity index is 515. The summed E-state index contributed by atoms with van der Waals surface area (Å²) in [7, 11) is 0. The Kier molecular flexibility index (Phi) is 4.07. The van der Waals surface area contributed by atoms with Crippen molar-refractivity contribution in [3.63, 3.8) is 0 Å². The lowest BCUT2D eigenvalue weighted by molar-refractivity contribution is 0.575. The van der Waals surface area contributed by atoms with Crippen molar-refractivity contribution in [3.05, 3.63) is 35.4 Å². The minimum absolute atomic E-state index is 0.0524. The predicted octanol–water partition coefficient (Wildman–Crippen LogP) is 3.15. The van der Waals surface area contributed by atoms with Gasteiger partial charge in [0, 0.05) is 18.3 Å². The van der Waals surface area contributed by atoms with Crippen LogP contribution in [0.15, 0.2) is 18.5 Å². The number of hydrogen-bond donors (Lipinski definition) is 0. The van der Waals surface area contributed by atoms with Crippen LogP contribution in [0.4, 0.5) is 0 Å². The van der Waals surface area contributed by atoms with E-state index in [1.54, 1.807) is 0 Å². The number of halogens is 1. The second kappa shape index (κ2) is 5.57. The molecule has 2 rings (SSSR count). The second-order valence-electron chi connectivity index (χ2n) is 4.44. The van der Waals surface area contributed by atoms with Crippen molar-refractivity contribution in [2.24, 2.45) is 0 Å². The normalized spacial score (nSPS) is 12.9. The number of aryl methyl sites for hydroxylation is 2. The third-order valence-electron chi connectivity index (χ3n) is 2.98. The summed E-state index contributed by atoms with van der Waals surface area (Å²) >= 11 is 6.20. The fourth-order valence-corrected chi connectivity index (χ4v) is 2.14. The third-order valence-corrected chi connectivity index (χ3v) is 3.54. The number of rotatable bonds is 5. The first-order valence-corrected chi connectivity index (χ1v) is 6.77. The van der Waals surface area contributed by atoms with E-state index in [9.17, 15) is 0 Å². The lowest BCUT2D eigenvalue weighted by atomic mass is 10.2. The summed E-state index contributed by atoms with van der Waals surface area (Å²) in [6, 6.07) is 2.10. The average molecular weight is 267 g/mol. The minimum atomic E-state index is 0.0524. The van der Waals surface area contributed by atoms with Crippen molar-refractivity contribution in [1.29, 1.82) is 0 Å². The molecule has 0 amide bonds. The molecule has 0 aromatic carbocycles. The minimum Gasteiger partial charge on any atom is -0.268 e. The molecular weight excluding hydrogens is 248 g/mol. The van der Waals surface area contributed by atoms with E-state index in [0.29, 0.717) is 0 Å². The maximum absolute atomic E-state index is 6.20. The van der Waals surface area contributed by atoms with Gasteiger partial charge in [0.2, 0.25) is 0 Å². The molecule has 0 aliphatic rings. The van der Waals surface area contributed by atoms with E-state index >= 15 is 0 Å². The largest absolute Gasteiger partial charge is 0.268 e. The first kappa shape index (κ1) is 13.1. The zero-order valence-corrected chi connectivity index (χ0v) is 11.9. The highest BCUT2D eigenvalue weighted by Crippen LogP contribution is 2.23. The van der Waals surface area contributed by atoms with Crippen molar-refractivity contribution in [1.82, 2.24) is 19.6 Å². The summed E-state index contributed by atoms with van der Waals surface area (Å²) in [5, 5.41) is 8.84. The second-order valence-corrected chi connectivity index (χ2v) is 4.97. The Hall–Kier alpha value is -1.29. The Morgan fingerprint density at radius 1 is 1.39 bits per heavy atom. The van der Waals surface area contributed by atoms with Crippen LogP contribution in [-0.4, -0.2) is 19.6 Å². The Morgan fingerprint density at radius 2 is 2.17 bits per heavy atom. The van der Waals surface area contributed by atoms with Gasteiger partial charge in [0.1, 0.15) is 0 Å². The van der Waals surface area contributed by atoms with Crippen molar-refractivity contribution in [3.8, 4) is 0 Å². The first-order valence-electron chi connectivity index (χ1n) is 6.33. The van der Waals surface area contributed by atoms with Crippen molar-refractivity contribution in [2.75, 3.05) is 0 Å². The standard InChI is InChI=1S/C13H19ClN4/c1-4-13(14)11-7-15-17(8-11)9-12-6-10(3)16-18(12)5-2/h6-8,13H,4-5,9H2,1-3H3. The molecule has 5 heteroatoms. The van der Waals surface area contributed by atoms with Gasteiger partial charge in [-0.15, -0.1) is 11.6 Å². The molecule has 0 bridgehead atoms. The SMILES string of the molecule is CCC(Cl)c1cnn(Cc2cc(C)nn2CC)c1. The molecule has 0 fully saturated rings. The number of nitrogens with zero attached hydrogens (tertiary/aromatic N) is 4. The van der Waals surface area contributed by atoms with Gasteiger partial charge in [0.25, 0.3) is 0 Å². The monoisotopic (exact) mass is 266 g/mol. The molecule has 1 unspecified atom stereocenters. The first-order chi connectivity index (χ1) is 8.63.